The highest BCUT2D eigenvalue weighted by Crippen LogP contribution is 2.65. The number of benzene rings is 2. The van der Waals surface area contributed by atoms with E-state index in [1.807, 2.05) is 42.5 Å². The second-order valence-corrected chi connectivity index (χ2v) is 8.52. The van der Waals surface area contributed by atoms with Crippen molar-refractivity contribution in [3.05, 3.63) is 60.2 Å². The molecule has 28 heavy (non-hydrogen) atoms. The molecule has 5 nitrogen and oxygen atoms in total. The summed E-state index contributed by atoms with van der Waals surface area (Å²) in [4.78, 5) is 38.6. The number of carbonyl (C=O) groups is 3. The van der Waals surface area contributed by atoms with Gasteiger partial charge in [-0.15, -0.1) is 0 Å². The van der Waals surface area contributed by atoms with Crippen LogP contribution in [0.5, 0.6) is 0 Å². The minimum Gasteiger partial charge on any atom is -0.273 e. The van der Waals surface area contributed by atoms with Gasteiger partial charge in [0, 0.05) is 0 Å². The molecule has 0 unspecified atom stereocenters. The number of allylic oxidation sites excluding steroid dienone is 2. The van der Waals surface area contributed by atoms with Crippen LogP contribution < -0.4 is 5.43 Å². The van der Waals surface area contributed by atoms with E-state index in [-0.39, 0.29) is 47.8 Å². The summed E-state index contributed by atoms with van der Waals surface area (Å²) in [5.74, 6) is 0.0684. The van der Waals surface area contributed by atoms with E-state index in [0.29, 0.717) is 11.8 Å². The van der Waals surface area contributed by atoms with Gasteiger partial charge in [0.1, 0.15) is 0 Å². The topological polar surface area (TPSA) is 66.5 Å². The van der Waals surface area contributed by atoms with E-state index in [1.54, 1.807) is 0 Å². The van der Waals surface area contributed by atoms with Crippen LogP contribution in [0.3, 0.4) is 0 Å². The Kier molecular flexibility index (Phi) is 3.17. The van der Waals surface area contributed by atoms with Crippen molar-refractivity contribution in [3.8, 4) is 0 Å². The number of hydrazine groups is 1. The number of imide groups is 1. The molecule has 0 spiro atoms. The van der Waals surface area contributed by atoms with Gasteiger partial charge in [0.2, 0.25) is 5.91 Å². The molecule has 0 aromatic heterocycles. The molecular weight excluding hydrogens is 352 g/mol. The molecule has 3 amide bonds. The number of nitrogens with zero attached hydrogens (tertiary/aromatic N) is 1. The third kappa shape index (κ3) is 2.10. The molecule has 2 aromatic rings. The molecule has 0 radical (unpaired) electrons. The summed E-state index contributed by atoms with van der Waals surface area (Å²) in [7, 11) is 0. The van der Waals surface area contributed by atoms with E-state index in [9.17, 15) is 14.4 Å². The van der Waals surface area contributed by atoms with Crippen molar-refractivity contribution in [2.75, 3.05) is 0 Å². The lowest BCUT2D eigenvalue weighted by Gasteiger charge is -2.37. The van der Waals surface area contributed by atoms with E-state index in [0.717, 1.165) is 27.8 Å². The molecule has 140 valence electrons. The fourth-order valence-electron chi connectivity index (χ4n) is 5.85. The SMILES string of the molecule is O=C(Cc1cccc2ccccc12)NN1C(=O)[C@@H]2[C@H]3C=C[C@@H]([C@@H]4C[C@H]34)[C@H]2C1=O. The molecule has 5 heteroatoms. The minimum absolute atomic E-state index is 0.129. The van der Waals surface area contributed by atoms with Gasteiger partial charge in [-0.3, -0.25) is 19.8 Å². The lowest BCUT2D eigenvalue weighted by Crippen LogP contribution is -2.47. The molecular formula is C23H20N2O3. The second kappa shape index (κ2) is 5.53. The maximum absolute atomic E-state index is 13.0. The first kappa shape index (κ1) is 16.0. The van der Waals surface area contributed by atoms with E-state index >= 15 is 0 Å². The van der Waals surface area contributed by atoms with Crippen LogP contribution in [0.1, 0.15) is 12.0 Å². The number of amides is 3. The zero-order valence-electron chi connectivity index (χ0n) is 15.2. The smallest absolute Gasteiger partial charge is 0.252 e. The molecule has 2 aromatic carbocycles. The van der Waals surface area contributed by atoms with Crippen LogP contribution in [0.4, 0.5) is 0 Å². The summed E-state index contributed by atoms with van der Waals surface area (Å²) in [6.45, 7) is 0. The maximum Gasteiger partial charge on any atom is 0.252 e. The fourth-order valence-corrected chi connectivity index (χ4v) is 5.85. The predicted octanol–water partition coefficient (Wildman–Crippen LogP) is 2.47. The van der Waals surface area contributed by atoms with Crippen molar-refractivity contribution in [2.24, 2.45) is 35.5 Å². The average Bonchev–Trinajstić information content (AvgIpc) is 3.49. The quantitative estimate of drug-likeness (QED) is 0.665. The first-order chi connectivity index (χ1) is 13.6. The first-order valence-electron chi connectivity index (χ1n) is 9.96. The second-order valence-electron chi connectivity index (χ2n) is 8.52. The zero-order chi connectivity index (χ0) is 19.0. The Bertz CT molecular complexity index is 1030. The van der Waals surface area contributed by atoms with Crippen LogP contribution in [0, 0.1) is 35.5 Å². The molecule has 6 atom stereocenters. The number of fused-ring (bicyclic) bond motifs is 1. The molecule has 4 aliphatic carbocycles. The van der Waals surface area contributed by atoms with Crippen molar-refractivity contribution < 1.29 is 14.4 Å². The molecule has 1 saturated heterocycles. The number of nitrogens with one attached hydrogen (secondary N) is 1. The van der Waals surface area contributed by atoms with Gasteiger partial charge in [0.05, 0.1) is 18.3 Å². The van der Waals surface area contributed by atoms with Crippen molar-refractivity contribution in [1.82, 2.24) is 10.4 Å². The van der Waals surface area contributed by atoms with Crippen molar-refractivity contribution in [2.45, 2.75) is 12.8 Å². The third-order valence-electron chi connectivity index (χ3n) is 7.13. The summed E-state index contributed by atoms with van der Waals surface area (Å²) in [5, 5.41) is 3.09. The Morgan fingerprint density at radius 3 is 2.29 bits per heavy atom. The number of rotatable bonds is 3. The highest BCUT2D eigenvalue weighted by atomic mass is 16.2. The summed E-state index contributed by atoms with van der Waals surface area (Å²) in [5.41, 5.74) is 3.50. The van der Waals surface area contributed by atoms with Gasteiger partial charge in [-0.1, -0.05) is 54.6 Å². The van der Waals surface area contributed by atoms with Crippen LogP contribution in [0.2, 0.25) is 0 Å². The van der Waals surface area contributed by atoms with Crippen LogP contribution in [-0.2, 0) is 20.8 Å². The Hall–Kier alpha value is -2.95. The molecule has 1 aliphatic heterocycles. The van der Waals surface area contributed by atoms with E-state index in [4.69, 9.17) is 0 Å². The molecule has 1 heterocycles. The molecule has 5 aliphatic rings. The van der Waals surface area contributed by atoms with Crippen LogP contribution in [-0.4, -0.2) is 22.7 Å². The van der Waals surface area contributed by atoms with Crippen molar-refractivity contribution in [3.63, 3.8) is 0 Å². The van der Waals surface area contributed by atoms with Crippen molar-refractivity contribution in [1.29, 1.82) is 0 Å². The lowest BCUT2D eigenvalue weighted by atomic mass is 9.63. The number of carbonyl (C=O) groups excluding carboxylic acids is 3. The highest BCUT2D eigenvalue weighted by molar-refractivity contribution is 6.07. The van der Waals surface area contributed by atoms with Gasteiger partial charge in [-0.2, -0.15) is 5.01 Å². The lowest BCUT2D eigenvalue weighted by molar-refractivity contribution is -0.149. The van der Waals surface area contributed by atoms with Crippen molar-refractivity contribution >= 4 is 28.5 Å². The Morgan fingerprint density at radius 2 is 1.57 bits per heavy atom. The van der Waals surface area contributed by atoms with E-state index < -0.39 is 0 Å². The summed E-state index contributed by atoms with van der Waals surface area (Å²) in [6, 6.07) is 13.7. The number of hydrogen-bond acceptors (Lipinski definition) is 3. The van der Waals surface area contributed by atoms with E-state index in [1.165, 1.54) is 0 Å². The first-order valence-corrected chi connectivity index (χ1v) is 9.96. The predicted molar refractivity (Wildman–Crippen MR) is 102 cm³/mol. The van der Waals surface area contributed by atoms with Crippen LogP contribution >= 0.6 is 0 Å². The molecule has 3 fully saturated rings. The summed E-state index contributed by atoms with van der Waals surface area (Å²) >= 11 is 0. The largest absolute Gasteiger partial charge is 0.273 e. The average molecular weight is 372 g/mol. The van der Waals surface area contributed by atoms with Crippen LogP contribution in [0.25, 0.3) is 10.8 Å². The summed E-state index contributed by atoms with van der Waals surface area (Å²) < 4.78 is 0. The van der Waals surface area contributed by atoms with Gasteiger partial charge in [-0.05, 0) is 46.4 Å². The fraction of sp³-hybridized carbons (Fsp3) is 0.348. The molecule has 2 saturated carbocycles. The van der Waals surface area contributed by atoms with E-state index in [2.05, 4.69) is 17.6 Å². The van der Waals surface area contributed by atoms with Crippen LogP contribution in [0.15, 0.2) is 54.6 Å². The zero-order valence-corrected chi connectivity index (χ0v) is 15.2. The highest BCUT2D eigenvalue weighted by Gasteiger charge is 2.67. The maximum atomic E-state index is 13.0. The minimum atomic E-state index is -0.331. The van der Waals surface area contributed by atoms with Gasteiger partial charge in [-0.25, -0.2) is 0 Å². The van der Waals surface area contributed by atoms with Gasteiger partial charge in [0.15, 0.2) is 0 Å². The normalized spacial score (nSPS) is 34.5. The van der Waals surface area contributed by atoms with Gasteiger partial charge < -0.3 is 0 Å². The Morgan fingerprint density at radius 1 is 0.929 bits per heavy atom. The summed E-state index contributed by atoms with van der Waals surface area (Å²) in [6.07, 6.45) is 5.52. The molecule has 2 bridgehead atoms. The van der Waals surface area contributed by atoms with Gasteiger partial charge >= 0.3 is 0 Å². The number of hydrogen-bond donors (Lipinski definition) is 1. The monoisotopic (exact) mass is 372 g/mol. The molecule has 1 N–H and O–H groups in total. The Labute approximate surface area is 162 Å². The van der Waals surface area contributed by atoms with Gasteiger partial charge in [0.25, 0.3) is 11.8 Å². The molecule has 7 rings (SSSR count). The standard InChI is InChI=1S/C23H20N2O3/c26-19(10-13-6-3-5-12-4-1-2-7-14(12)13)24-25-22(27)20-15-8-9-16(18-11-17(15)18)21(20)23(25)28/h1-9,15-18,20-21H,10-11H2,(H,24,26)/t15-,16-,17-,18+,20+,21+/m0/s1. The third-order valence-corrected chi connectivity index (χ3v) is 7.13. The Balaban J connectivity index is 1.23.